The number of ketones is 1. The van der Waals surface area contributed by atoms with E-state index in [2.05, 4.69) is 30.1 Å². The molecule has 1 heterocycles. The normalized spacial score (nSPS) is 17.6. The highest BCUT2D eigenvalue weighted by molar-refractivity contribution is 5.87. The van der Waals surface area contributed by atoms with Crippen LogP contribution in [0.2, 0.25) is 0 Å². The molecule has 2 nitrogen and oxygen atoms in total. The van der Waals surface area contributed by atoms with E-state index in [0.717, 1.165) is 30.5 Å². The van der Waals surface area contributed by atoms with Crippen molar-refractivity contribution in [2.24, 2.45) is 0 Å². The summed E-state index contributed by atoms with van der Waals surface area (Å²) in [6.45, 7) is 2.06. The van der Waals surface area contributed by atoms with Gasteiger partial charge in [-0.25, -0.2) is 0 Å². The van der Waals surface area contributed by atoms with Gasteiger partial charge in [0.25, 0.3) is 0 Å². The number of pyridine rings is 1. The summed E-state index contributed by atoms with van der Waals surface area (Å²) < 4.78 is 0. The topological polar surface area (TPSA) is 30.0 Å². The molecule has 0 aliphatic heterocycles. The fourth-order valence-corrected chi connectivity index (χ4v) is 3.07. The lowest BCUT2D eigenvalue weighted by Gasteiger charge is -2.23. The van der Waals surface area contributed by atoms with E-state index in [9.17, 15) is 4.79 Å². The number of hydrogen-bond acceptors (Lipinski definition) is 2. The summed E-state index contributed by atoms with van der Waals surface area (Å²) in [4.78, 5) is 17.1. The molecule has 102 valence electrons. The summed E-state index contributed by atoms with van der Waals surface area (Å²) in [5.74, 6) is 0.288. The molecule has 0 N–H and O–H groups in total. The zero-order valence-corrected chi connectivity index (χ0v) is 11.8. The fraction of sp³-hybridized carbons (Fsp3) is 0.333. The Labute approximate surface area is 119 Å². The smallest absolute Gasteiger partial charge is 0.146 e. The molecule has 1 unspecified atom stereocenters. The van der Waals surface area contributed by atoms with Crippen molar-refractivity contribution in [2.75, 3.05) is 0 Å². The summed E-state index contributed by atoms with van der Waals surface area (Å²) in [6.07, 6.45) is 5.40. The first-order valence-electron chi connectivity index (χ1n) is 7.26. The highest BCUT2D eigenvalue weighted by atomic mass is 16.1. The lowest BCUT2D eigenvalue weighted by Crippen LogP contribution is -2.21. The van der Waals surface area contributed by atoms with Crippen molar-refractivity contribution in [1.82, 2.24) is 4.98 Å². The van der Waals surface area contributed by atoms with Crippen LogP contribution in [0.4, 0.5) is 0 Å². The summed E-state index contributed by atoms with van der Waals surface area (Å²) in [5, 5.41) is 0. The van der Waals surface area contributed by atoms with Crippen LogP contribution in [0.15, 0.2) is 42.6 Å². The van der Waals surface area contributed by atoms with Gasteiger partial charge in [-0.1, -0.05) is 35.9 Å². The van der Waals surface area contributed by atoms with Crippen molar-refractivity contribution in [2.45, 2.75) is 38.5 Å². The molecule has 0 fully saturated rings. The highest BCUT2D eigenvalue weighted by Gasteiger charge is 2.27. The first kappa shape index (κ1) is 13.0. The van der Waals surface area contributed by atoms with Crippen molar-refractivity contribution >= 4 is 5.78 Å². The third kappa shape index (κ3) is 2.64. The van der Waals surface area contributed by atoms with Crippen LogP contribution in [0.1, 0.15) is 41.1 Å². The van der Waals surface area contributed by atoms with Crippen LogP contribution >= 0.6 is 0 Å². The standard InChI is InChI=1S/C18H19NO/c1-13-5-2-6-14(11-13)12-17(20)16-9-3-7-15-8-4-10-19-18(15)16/h2,4-6,8,10-11,16H,3,7,9,12H2,1H3. The van der Waals surface area contributed by atoms with Gasteiger partial charge in [0.15, 0.2) is 0 Å². The monoisotopic (exact) mass is 265 g/mol. The van der Waals surface area contributed by atoms with Crippen LogP contribution in [0, 0.1) is 6.92 Å². The van der Waals surface area contributed by atoms with Crippen molar-refractivity contribution in [1.29, 1.82) is 0 Å². The molecule has 20 heavy (non-hydrogen) atoms. The molecule has 0 bridgehead atoms. The second-order valence-corrected chi connectivity index (χ2v) is 5.62. The van der Waals surface area contributed by atoms with Gasteiger partial charge in [0.1, 0.15) is 5.78 Å². The molecule has 1 atom stereocenters. The van der Waals surface area contributed by atoms with Crippen LogP contribution in [0.3, 0.4) is 0 Å². The summed E-state index contributed by atoms with van der Waals surface area (Å²) in [5.41, 5.74) is 4.58. The molecule has 3 rings (SSSR count). The number of rotatable bonds is 3. The van der Waals surface area contributed by atoms with Crippen molar-refractivity contribution in [3.05, 3.63) is 65.0 Å². The van der Waals surface area contributed by atoms with Crippen molar-refractivity contribution in [3.8, 4) is 0 Å². The van der Waals surface area contributed by atoms with Crippen LogP contribution in [-0.2, 0) is 17.6 Å². The van der Waals surface area contributed by atoms with Gasteiger partial charge in [0, 0.05) is 12.6 Å². The minimum Gasteiger partial charge on any atom is -0.299 e. The number of hydrogen-bond donors (Lipinski definition) is 0. The summed E-state index contributed by atoms with van der Waals surface area (Å²) in [7, 11) is 0. The summed E-state index contributed by atoms with van der Waals surface area (Å²) >= 11 is 0. The van der Waals surface area contributed by atoms with E-state index >= 15 is 0 Å². The molecule has 1 aromatic heterocycles. The van der Waals surface area contributed by atoms with Crippen LogP contribution in [-0.4, -0.2) is 10.8 Å². The second kappa shape index (κ2) is 5.58. The Morgan fingerprint density at radius 1 is 1.30 bits per heavy atom. The Balaban J connectivity index is 1.82. The lowest BCUT2D eigenvalue weighted by atomic mass is 9.82. The van der Waals surface area contributed by atoms with Gasteiger partial charge in [-0.3, -0.25) is 9.78 Å². The molecule has 1 aliphatic rings. The molecule has 0 saturated carbocycles. The minimum absolute atomic E-state index is 0.0135. The van der Waals surface area contributed by atoms with Gasteiger partial charge < -0.3 is 0 Å². The van der Waals surface area contributed by atoms with Crippen LogP contribution in [0.25, 0.3) is 0 Å². The van der Waals surface area contributed by atoms with E-state index < -0.39 is 0 Å². The SMILES string of the molecule is Cc1cccc(CC(=O)C2CCCc3cccnc32)c1. The molecular formula is C18H19NO. The molecule has 2 aromatic rings. The van der Waals surface area contributed by atoms with E-state index in [-0.39, 0.29) is 5.92 Å². The zero-order valence-electron chi connectivity index (χ0n) is 11.8. The predicted molar refractivity (Wildman–Crippen MR) is 79.8 cm³/mol. The van der Waals surface area contributed by atoms with E-state index in [1.54, 1.807) is 6.20 Å². The Hall–Kier alpha value is -1.96. The maximum absolute atomic E-state index is 12.6. The average molecular weight is 265 g/mol. The number of aryl methyl sites for hydroxylation is 2. The van der Waals surface area contributed by atoms with Gasteiger partial charge in [0.05, 0.1) is 11.6 Å². The number of aromatic nitrogens is 1. The third-order valence-electron chi connectivity index (χ3n) is 4.04. The van der Waals surface area contributed by atoms with Crippen molar-refractivity contribution < 1.29 is 4.79 Å². The maximum Gasteiger partial charge on any atom is 0.146 e. The average Bonchev–Trinajstić information content (AvgIpc) is 2.46. The summed E-state index contributed by atoms with van der Waals surface area (Å²) in [6, 6.07) is 12.3. The molecule has 0 spiro atoms. The van der Waals surface area contributed by atoms with Crippen LogP contribution < -0.4 is 0 Å². The van der Waals surface area contributed by atoms with Gasteiger partial charge in [0.2, 0.25) is 0 Å². The van der Waals surface area contributed by atoms with E-state index in [4.69, 9.17) is 0 Å². The minimum atomic E-state index is -0.0135. The third-order valence-corrected chi connectivity index (χ3v) is 4.04. The van der Waals surface area contributed by atoms with Gasteiger partial charge in [-0.05, 0) is 43.4 Å². The number of fused-ring (bicyclic) bond motifs is 1. The number of benzene rings is 1. The highest BCUT2D eigenvalue weighted by Crippen LogP contribution is 2.31. The fourth-order valence-electron chi connectivity index (χ4n) is 3.07. The number of Topliss-reactive ketones (excluding diaryl/α,β-unsaturated/α-hetero) is 1. The number of nitrogens with zero attached hydrogens (tertiary/aromatic N) is 1. The van der Waals surface area contributed by atoms with Crippen molar-refractivity contribution in [3.63, 3.8) is 0 Å². The molecule has 0 radical (unpaired) electrons. The lowest BCUT2D eigenvalue weighted by molar-refractivity contribution is -0.120. The molecular weight excluding hydrogens is 246 g/mol. The Morgan fingerprint density at radius 2 is 2.20 bits per heavy atom. The first-order valence-corrected chi connectivity index (χ1v) is 7.26. The molecule has 2 heteroatoms. The quantitative estimate of drug-likeness (QED) is 0.848. The van der Waals surface area contributed by atoms with E-state index in [1.807, 2.05) is 18.2 Å². The maximum atomic E-state index is 12.6. The molecule has 1 aliphatic carbocycles. The van der Waals surface area contributed by atoms with Gasteiger partial charge >= 0.3 is 0 Å². The molecule has 0 saturated heterocycles. The second-order valence-electron chi connectivity index (χ2n) is 5.62. The predicted octanol–water partition coefficient (Wildman–Crippen LogP) is 3.62. The van der Waals surface area contributed by atoms with Crippen LogP contribution in [0.5, 0.6) is 0 Å². The van der Waals surface area contributed by atoms with Gasteiger partial charge in [-0.2, -0.15) is 0 Å². The zero-order chi connectivity index (χ0) is 13.9. The largest absolute Gasteiger partial charge is 0.299 e. The van der Waals surface area contributed by atoms with Gasteiger partial charge in [-0.15, -0.1) is 0 Å². The molecule has 1 aromatic carbocycles. The number of carbonyl (C=O) groups excluding carboxylic acids is 1. The Bertz CT molecular complexity index is 633. The Morgan fingerprint density at radius 3 is 3.05 bits per heavy atom. The first-order chi connectivity index (χ1) is 9.74. The molecule has 0 amide bonds. The van der Waals surface area contributed by atoms with E-state index in [0.29, 0.717) is 12.2 Å². The van der Waals surface area contributed by atoms with E-state index in [1.165, 1.54) is 11.1 Å². The Kier molecular flexibility index (Phi) is 3.64. The number of carbonyl (C=O) groups is 1.